The molecule has 1 aromatic rings. The lowest BCUT2D eigenvalue weighted by Crippen LogP contribution is -2.51. The fraction of sp³-hybridized carbons (Fsp3) is 0.588. The van der Waals surface area contributed by atoms with E-state index in [9.17, 15) is 4.79 Å². The second kappa shape index (κ2) is 10.1. The number of piperidine rings is 1. The lowest BCUT2D eigenvalue weighted by Gasteiger charge is -2.38. The van der Waals surface area contributed by atoms with Gasteiger partial charge < -0.3 is 19.7 Å². The molecule has 2 rings (SSSR count). The Labute approximate surface area is 155 Å². The van der Waals surface area contributed by atoms with Crippen molar-refractivity contribution in [3.63, 3.8) is 0 Å². The summed E-state index contributed by atoms with van der Waals surface area (Å²) in [6.07, 6.45) is 1.61. The van der Waals surface area contributed by atoms with Gasteiger partial charge in [-0.1, -0.05) is 17.7 Å². The summed E-state index contributed by atoms with van der Waals surface area (Å²) in [6, 6.07) is 7.26. The van der Waals surface area contributed by atoms with Crippen molar-refractivity contribution in [2.24, 2.45) is 5.41 Å². The predicted molar refractivity (Wildman–Crippen MR) is 98.2 cm³/mol. The van der Waals surface area contributed by atoms with Gasteiger partial charge in [-0.15, -0.1) is 12.4 Å². The van der Waals surface area contributed by atoms with Crippen LogP contribution in [0.15, 0.2) is 24.3 Å². The molecule has 0 radical (unpaired) electrons. The maximum absolute atomic E-state index is 12.8. The van der Waals surface area contributed by atoms with Crippen molar-refractivity contribution in [3.05, 3.63) is 29.3 Å². The van der Waals surface area contributed by atoms with Crippen LogP contribution >= 0.6 is 24.0 Å². The standard InChI is InChI=1S/C17H25ClN2O3.ClH/c1-20(10-11-23-15-5-3-4-14(18)12-15)16(21)17(13-22-2)6-8-19-9-7-17;/h3-5,12,19H,6-11,13H2,1-2H3;1H. The van der Waals surface area contributed by atoms with Crippen molar-refractivity contribution in [2.45, 2.75) is 12.8 Å². The van der Waals surface area contributed by atoms with Gasteiger partial charge in [-0.2, -0.15) is 0 Å². The molecule has 0 bridgehead atoms. The molecule has 136 valence electrons. The first-order chi connectivity index (χ1) is 11.1. The molecule has 1 aromatic carbocycles. The van der Waals surface area contributed by atoms with Gasteiger partial charge in [0.05, 0.1) is 18.6 Å². The summed E-state index contributed by atoms with van der Waals surface area (Å²) < 4.78 is 11.0. The van der Waals surface area contributed by atoms with Gasteiger partial charge in [-0.05, 0) is 44.1 Å². The third-order valence-corrected chi connectivity index (χ3v) is 4.51. The molecule has 1 fully saturated rings. The minimum Gasteiger partial charge on any atom is -0.492 e. The average Bonchev–Trinajstić information content (AvgIpc) is 2.55. The topological polar surface area (TPSA) is 50.8 Å². The van der Waals surface area contributed by atoms with Gasteiger partial charge >= 0.3 is 0 Å². The number of carbonyl (C=O) groups excluding carboxylic acids is 1. The first-order valence-corrected chi connectivity index (χ1v) is 8.29. The molecule has 0 unspecified atom stereocenters. The Kier molecular flexibility index (Phi) is 8.84. The molecule has 1 N–H and O–H groups in total. The van der Waals surface area contributed by atoms with Gasteiger partial charge in [0.2, 0.25) is 5.91 Å². The van der Waals surface area contributed by atoms with Gasteiger partial charge in [0.1, 0.15) is 12.4 Å². The van der Waals surface area contributed by atoms with Crippen LogP contribution in [0, 0.1) is 5.41 Å². The van der Waals surface area contributed by atoms with Crippen LogP contribution in [-0.2, 0) is 9.53 Å². The fourth-order valence-corrected chi connectivity index (χ4v) is 3.15. The molecule has 1 saturated heterocycles. The van der Waals surface area contributed by atoms with Crippen LogP contribution in [0.5, 0.6) is 5.75 Å². The van der Waals surface area contributed by atoms with E-state index < -0.39 is 5.41 Å². The van der Waals surface area contributed by atoms with Gasteiger partial charge in [0.15, 0.2) is 0 Å². The third kappa shape index (κ3) is 5.52. The molecule has 1 aliphatic heterocycles. The van der Waals surface area contributed by atoms with Crippen LogP contribution < -0.4 is 10.1 Å². The Bertz CT molecular complexity index is 517. The Hall–Kier alpha value is -1.01. The van der Waals surface area contributed by atoms with Crippen LogP contribution in [0.25, 0.3) is 0 Å². The SMILES string of the molecule is COCC1(C(=O)N(C)CCOc2cccc(Cl)c2)CCNCC1.Cl. The number of benzene rings is 1. The Balaban J connectivity index is 0.00000288. The molecule has 0 aromatic heterocycles. The van der Waals surface area contributed by atoms with E-state index in [1.807, 2.05) is 19.2 Å². The Morgan fingerprint density at radius 1 is 1.38 bits per heavy atom. The van der Waals surface area contributed by atoms with Gasteiger partial charge in [0, 0.05) is 19.2 Å². The fourth-order valence-electron chi connectivity index (χ4n) is 2.97. The van der Waals surface area contributed by atoms with E-state index in [2.05, 4.69) is 5.32 Å². The summed E-state index contributed by atoms with van der Waals surface area (Å²) in [6.45, 7) is 3.13. The maximum Gasteiger partial charge on any atom is 0.231 e. The van der Waals surface area contributed by atoms with E-state index in [1.54, 1.807) is 24.1 Å². The van der Waals surface area contributed by atoms with E-state index in [0.29, 0.717) is 30.5 Å². The van der Waals surface area contributed by atoms with Gasteiger partial charge in [-0.25, -0.2) is 0 Å². The normalized spacial score (nSPS) is 16.1. The summed E-state index contributed by atoms with van der Waals surface area (Å²) in [5.41, 5.74) is -0.412. The molecular weight excluding hydrogens is 351 g/mol. The van der Waals surface area contributed by atoms with Crippen LogP contribution in [0.4, 0.5) is 0 Å². The zero-order chi connectivity index (χ0) is 16.7. The Morgan fingerprint density at radius 3 is 2.71 bits per heavy atom. The molecule has 7 heteroatoms. The van der Waals surface area contributed by atoms with Crippen LogP contribution in [-0.4, -0.2) is 57.8 Å². The van der Waals surface area contributed by atoms with Crippen LogP contribution in [0.2, 0.25) is 5.02 Å². The monoisotopic (exact) mass is 376 g/mol. The third-order valence-electron chi connectivity index (χ3n) is 4.27. The molecular formula is C17H26Cl2N2O3. The minimum atomic E-state index is -0.412. The maximum atomic E-state index is 12.8. The molecule has 0 spiro atoms. The summed E-state index contributed by atoms with van der Waals surface area (Å²) in [7, 11) is 3.47. The summed E-state index contributed by atoms with van der Waals surface area (Å²) in [5, 5.41) is 3.94. The summed E-state index contributed by atoms with van der Waals surface area (Å²) >= 11 is 5.93. The highest BCUT2D eigenvalue weighted by Crippen LogP contribution is 2.31. The number of rotatable bonds is 7. The van der Waals surface area contributed by atoms with Crippen LogP contribution in [0.3, 0.4) is 0 Å². The lowest BCUT2D eigenvalue weighted by molar-refractivity contribution is -0.146. The highest BCUT2D eigenvalue weighted by Gasteiger charge is 2.41. The largest absolute Gasteiger partial charge is 0.492 e. The van der Waals surface area contributed by atoms with E-state index in [0.717, 1.165) is 25.9 Å². The number of halogens is 2. The number of nitrogens with zero attached hydrogens (tertiary/aromatic N) is 1. The molecule has 24 heavy (non-hydrogen) atoms. The number of carbonyl (C=O) groups is 1. The first kappa shape index (κ1) is 21.0. The van der Waals surface area contributed by atoms with E-state index >= 15 is 0 Å². The van der Waals surface area contributed by atoms with Crippen molar-refractivity contribution in [3.8, 4) is 5.75 Å². The van der Waals surface area contributed by atoms with Gasteiger partial charge in [-0.3, -0.25) is 4.79 Å². The lowest BCUT2D eigenvalue weighted by atomic mass is 9.78. The quantitative estimate of drug-likeness (QED) is 0.794. The van der Waals surface area contributed by atoms with Crippen molar-refractivity contribution in [1.82, 2.24) is 10.2 Å². The average molecular weight is 377 g/mol. The molecule has 1 aliphatic rings. The number of hydrogen-bond acceptors (Lipinski definition) is 4. The van der Waals surface area contributed by atoms with Crippen LogP contribution in [0.1, 0.15) is 12.8 Å². The second-order valence-corrected chi connectivity index (χ2v) is 6.43. The number of hydrogen-bond donors (Lipinski definition) is 1. The molecule has 1 amide bonds. The van der Waals surface area contributed by atoms with E-state index in [1.165, 1.54) is 0 Å². The van der Waals surface area contributed by atoms with Gasteiger partial charge in [0.25, 0.3) is 0 Å². The highest BCUT2D eigenvalue weighted by molar-refractivity contribution is 6.30. The number of ether oxygens (including phenoxy) is 2. The van der Waals surface area contributed by atoms with Crippen molar-refractivity contribution in [2.75, 3.05) is 47.0 Å². The Morgan fingerprint density at radius 2 is 2.08 bits per heavy atom. The van der Waals surface area contributed by atoms with Crippen molar-refractivity contribution in [1.29, 1.82) is 0 Å². The number of methoxy groups -OCH3 is 1. The number of nitrogens with one attached hydrogen (secondary N) is 1. The molecule has 5 nitrogen and oxygen atoms in total. The highest BCUT2D eigenvalue weighted by atomic mass is 35.5. The zero-order valence-electron chi connectivity index (χ0n) is 14.2. The molecule has 0 saturated carbocycles. The van der Waals surface area contributed by atoms with E-state index in [-0.39, 0.29) is 18.3 Å². The van der Waals surface area contributed by atoms with Crippen molar-refractivity contribution < 1.29 is 14.3 Å². The minimum absolute atomic E-state index is 0. The number of likely N-dealkylation sites (N-methyl/N-ethyl adjacent to an activating group) is 1. The van der Waals surface area contributed by atoms with E-state index in [4.69, 9.17) is 21.1 Å². The molecule has 0 aliphatic carbocycles. The second-order valence-electron chi connectivity index (χ2n) is 6.00. The predicted octanol–water partition coefficient (Wildman–Crippen LogP) is 2.62. The van der Waals surface area contributed by atoms with Crippen molar-refractivity contribution >= 4 is 29.9 Å². The molecule has 0 atom stereocenters. The summed E-state index contributed by atoms with van der Waals surface area (Å²) in [5.74, 6) is 0.849. The number of amides is 1. The smallest absolute Gasteiger partial charge is 0.231 e. The molecule has 1 heterocycles. The summed E-state index contributed by atoms with van der Waals surface area (Å²) in [4.78, 5) is 14.6. The zero-order valence-corrected chi connectivity index (χ0v) is 15.8. The first-order valence-electron chi connectivity index (χ1n) is 7.91.